The number of methoxy groups -OCH3 is 1. The number of hydrogen-bond acceptors (Lipinski definition) is 5. The summed E-state index contributed by atoms with van der Waals surface area (Å²) in [5.41, 5.74) is 5.61. The third-order valence-corrected chi connectivity index (χ3v) is 6.76. The lowest BCUT2D eigenvalue weighted by atomic mass is 9.96. The van der Waals surface area contributed by atoms with Crippen LogP contribution in [0.5, 0.6) is 5.75 Å². The van der Waals surface area contributed by atoms with Gasteiger partial charge in [-0.05, 0) is 44.0 Å². The lowest BCUT2D eigenvalue weighted by Gasteiger charge is -2.34. The highest BCUT2D eigenvalue weighted by Gasteiger charge is 2.33. The minimum atomic E-state index is -3.54. The van der Waals surface area contributed by atoms with E-state index in [1.165, 1.54) is 11.4 Å². The van der Waals surface area contributed by atoms with Crippen LogP contribution in [0.2, 0.25) is 0 Å². The summed E-state index contributed by atoms with van der Waals surface area (Å²) in [5, 5.41) is 0. The van der Waals surface area contributed by atoms with E-state index in [2.05, 4.69) is 0 Å². The number of likely N-dealkylation sites (N-methyl/N-ethyl adjacent to an activating group) is 1. The average molecular weight is 406 g/mol. The number of sulfonamides is 1. The number of halogens is 1. The minimum Gasteiger partial charge on any atom is -0.497 e. The van der Waals surface area contributed by atoms with Gasteiger partial charge in [0, 0.05) is 38.6 Å². The summed E-state index contributed by atoms with van der Waals surface area (Å²) in [4.78, 5) is 14.4. The Morgan fingerprint density at radius 3 is 2.31 bits per heavy atom. The topological polar surface area (TPSA) is 92.9 Å². The molecule has 1 saturated heterocycles. The average Bonchev–Trinajstić information content (AvgIpc) is 2.66. The Balaban J connectivity index is 0.00000338. The highest BCUT2D eigenvalue weighted by Crippen LogP contribution is 2.26. The number of hydrogen-bond donors (Lipinski definition) is 1. The van der Waals surface area contributed by atoms with Crippen molar-refractivity contribution in [3.05, 3.63) is 24.3 Å². The number of nitrogens with zero attached hydrogens (tertiary/aromatic N) is 2. The maximum atomic E-state index is 12.7. The van der Waals surface area contributed by atoms with Gasteiger partial charge in [-0.3, -0.25) is 4.79 Å². The van der Waals surface area contributed by atoms with Crippen molar-refractivity contribution in [1.82, 2.24) is 9.21 Å². The number of ether oxygens (including phenoxy) is 1. The van der Waals surface area contributed by atoms with Gasteiger partial charge in [0.2, 0.25) is 15.9 Å². The molecule has 9 heteroatoms. The van der Waals surface area contributed by atoms with E-state index in [9.17, 15) is 13.2 Å². The van der Waals surface area contributed by atoms with E-state index in [1.54, 1.807) is 36.2 Å². The van der Waals surface area contributed by atoms with Crippen molar-refractivity contribution in [1.29, 1.82) is 0 Å². The standard InChI is InChI=1S/C17H27N3O4S.ClH/c1-13(12-18)19(2)17(21)14-8-10-20(11-9-14)25(22,23)16-6-4-15(24-3)5-7-16;/h4-7,13-14H,8-12,18H2,1-3H3;1H. The fourth-order valence-electron chi connectivity index (χ4n) is 2.90. The Morgan fingerprint density at radius 2 is 1.85 bits per heavy atom. The van der Waals surface area contributed by atoms with Crippen molar-refractivity contribution in [2.24, 2.45) is 11.7 Å². The summed E-state index contributed by atoms with van der Waals surface area (Å²) in [6.07, 6.45) is 1.05. The number of carbonyl (C=O) groups excluding carboxylic acids is 1. The zero-order chi connectivity index (χ0) is 18.6. The number of amides is 1. The van der Waals surface area contributed by atoms with Gasteiger partial charge in [-0.25, -0.2) is 8.42 Å². The van der Waals surface area contributed by atoms with E-state index in [0.717, 1.165) is 0 Å². The molecule has 26 heavy (non-hydrogen) atoms. The van der Waals surface area contributed by atoms with Crippen molar-refractivity contribution < 1.29 is 17.9 Å². The lowest BCUT2D eigenvalue weighted by Crippen LogP contribution is -2.47. The van der Waals surface area contributed by atoms with Crippen molar-refractivity contribution >= 4 is 28.3 Å². The van der Waals surface area contributed by atoms with Crippen LogP contribution in [0.4, 0.5) is 0 Å². The molecule has 1 aliphatic heterocycles. The van der Waals surface area contributed by atoms with Gasteiger partial charge >= 0.3 is 0 Å². The molecule has 0 aliphatic carbocycles. The molecule has 148 valence electrons. The summed E-state index contributed by atoms with van der Waals surface area (Å²) in [6, 6.07) is 6.33. The highest BCUT2D eigenvalue weighted by atomic mass is 35.5. The molecule has 0 bridgehead atoms. The molecule has 1 fully saturated rings. The molecule has 1 unspecified atom stereocenters. The van der Waals surface area contributed by atoms with Crippen LogP contribution >= 0.6 is 12.4 Å². The Bertz CT molecular complexity index is 688. The van der Waals surface area contributed by atoms with E-state index >= 15 is 0 Å². The summed E-state index contributed by atoms with van der Waals surface area (Å²) < 4.78 is 32.0. The van der Waals surface area contributed by atoms with Gasteiger partial charge in [0.15, 0.2) is 0 Å². The molecule has 0 radical (unpaired) electrons. The van der Waals surface area contributed by atoms with Crippen LogP contribution in [0, 0.1) is 5.92 Å². The number of benzene rings is 1. The third-order valence-electron chi connectivity index (χ3n) is 4.85. The molecule has 1 aromatic carbocycles. The van der Waals surface area contributed by atoms with Crippen LogP contribution in [0.25, 0.3) is 0 Å². The molecule has 2 N–H and O–H groups in total. The number of piperidine rings is 1. The lowest BCUT2D eigenvalue weighted by molar-refractivity contribution is -0.137. The summed E-state index contributed by atoms with van der Waals surface area (Å²) in [6.45, 7) is 3.00. The molecule has 1 atom stereocenters. The maximum Gasteiger partial charge on any atom is 0.243 e. The number of nitrogens with two attached hydrogens (primary N) is 1. The van der Waals surface area contributed by atoms with Gasteiger partial charge in [-0.2, -0.15) is 4.31 Å². The van der Waals surface area contributed by atoms with Crippen LogP contribution in [0.3, 0.4) is 0 Å². The molecular formula is C17H28ClN3O4S. The predicted molar refractivity (Wildman–Crippen MR) is 103 cm³/mol. The van der Waals surface area contributed by atoms with Crippen LogP contribution in [0.1, 0.15) is 19.8 Å². The molecule has 1 heterocycles. The molecule has 0 aromatic heterocycles. The second-order valence-electron chi connectivity index (χ2n) is 6.39. The van der Waals surface area contributed by atoms with Crippen molar-refractivity contribution in [2.75, 3.05) is 33.8 Å². The number of rotatable bonds is 6. The van der Waals surface area contributed by atoms with Crippen molar-refractivity contribution in [3.63, 3.8) is 0 Å². The summed E-state index contributed by atoms with van der Waals surface area (Å²) >= 11 is 0. The van der Waals surface area contributed by atoms with E-state index in [4.69, 9.17) is 10.5 Å². The monoisotopic (exact) mass is 405 g/mol. The Labute approximate surface area is 161 Å². The molecule has 0 saturated carbocycles. The molecule has 1 aromatic rings. The van der Waals surface area contributed by atoms with Gasteiger partial charge in [0.05, 0.1) is 12.0 Å². The first kappa shape index (κ1) is 22.7. The largest absolute Gasteiger partial charge is 0.497 e. The third kappa shape index (κ3) is 4.88. The van der Waals surface area contributed by atoms with E-state index in [1.807, 2.05) is 6.92 Å². The highest BCUT2D eigenvalue weighted by molar-refractivity contribution is 7.89. The van der Waals surface area contributed by atoms with E-state index in [-0.39, 0.29) is 35.2 Å². The van der Waals surface area contributed by atoms with E-state index < -0.39 is 10.0 Å². The second-order valence-corrected chi connectivity index (χ2v) is 8.33. The molecule has 1 amide bonds. The fraction of sp³-hybridized carbons (Fsp3) is 0.588. The Hall–Kier alpha value is -1.35. The SMILES string of the molecule is COc1ccc(S(=O)(=O)N2CCC(C(=O)N(C)C(C)CN)CC2)cc1.Cl. The maximum absolute atomic E-state index is 12.7. The Morgan fingerprint density at radius 1 is 1.31 bits per heavy atom. The first-order valence-corrected chi connectivity index (χ1v) is 9.86. The van der Waals surface area contributed by atoms with Crippen LogP contribution in [-0.4, -0.2) is 63.4 Å². The van der Waals surface area contributed by atoms with E-state index in [0.29, 0.717) is 38.2 Å². The van der Waals surface area contributed by atoms with Gasteiger partial charge < -0.3 is 15.4 Å². The molecule has 0 spiro atoms. The summed E-state index contributed by atoms with van der Waals surface area (Å²) in [7, 11) is -0.259. The Kier molecular flexibility index (Phi) is 8.33. The summed E-state index contributed by atoms with van der Waals surface area (Å²) in [5.74, 6) is 0.501. The fourth-order valence-corrected chi connectivity index (χ4v) is 4.37. The zero-order valence-electron chi connectivity index (χ0n) is 15.4. The van der Waals surface area contributed by atoms with Gasteiger partial charge in [-0.15, -0.1) is 12.4 Å². The predicted octanol–water partition coefficient (Wildman–Crippen LogP) is 1.32. The molecule has 1 aliphatic rings. The van der Waals surface area contributed by atoms with Gasteiger partial charge in [-0.1, -0.05) is 0 Å². The normalized spacial score (nSPS) is 17.2. The first-order chi connectivity index (χ1) is 11.8. The quantitative estimate of drug-likeness (QED) is 0.770. The van der Waals surface area contributed by atoms with Crippen LogP contribution < -0.4 is 10.5 Å². The first-order valence-electron chi connectivity index (χ1n) is 8.42. The van der Waals surface area contributed by atoms with Crippen molar-refractivity contribution in [3.8, 4) is 5.75 Å². The number of carbonyl (C=O) groups is 1. The zero-order valence-corrected chi connectivity index (χ0v) is 17.1. The minimum absolute atomic E-state index is 0. The van der Waals surface area contributed by atoms with Crippen LogP contribution in [-0.2, 0) is 14.8 Å². The second kappa shape index (κ2) is 9.55. The molecule has 2 rings (SSSR count). The van der Waals surface area contributed by atoms with Gasteiger partial charge in [0.25, 0.3) is 0 Å². The van der Waals surface area contributed by atoms with Crippen molar-refractivity contribution in [2.45, 2.75) is 30.7 Å². The molecular weight excluding hydrogens is 378 g/mol. The smallest absolute Gasteiger partial charge is 0.243 e. The van der Waals surface area contributed by atoms with Crippen LogP contribution in [0.15, 0.2) is 29.2 Å². The van der Waals surface area contributed by atoms with Gasteiger partial charge in [0.1, 0.15) is 5.75 Å². The molecule has 7 nitrogen and oxygen atoms in total.